The number of aryl methyl sites for hydroxylation is 1. The van der Waals surface area contributed by atoms with E-state index in [0.29, 0.717) is 22.6 Å². The number of rotatable bonds is 8. The summed E-state index contributed by atoms with van der Waals surface area (Å²) in [5.74, 6) is 1.28. The first kappa shape index (κ1) is 17.6. The summed E-state index contributed by atoms with van der Waals surface area (Å²) < 4.78 is 5.76. The molecule has 1 atom stereocenters. The van der Waals surface area contributed by atoms with E-state index in [1.807, 2.05) is 6.07 Å². The first-order valence-corrected chi connectivity index (χ1v) is 8.07. The van der Waals surface area contributed by atoms with Gasteiger partial charge in [-0.15, -0.1) is 0 Å². The number of benzene rings is 1. The van der Waals surface area contributed by atoms with Crippen LogP contribution in [0.2, 0.25) is 10.0 Å². The zero-order valence-corrected chi connectivity index (χ0v) is 14.1. The summed E-state index contributed by atoms with van der Waals surface area (Å²) in [7, 11) is 0. The number of nitrogens with two attached hydrogens (primary N) is 1. The van der Waals surface area contributed by atoms with Gasteiger partial charge in [-0.3, -0.25) is 0 Å². The van der Waals surface area contributed by atoms with Gasteiger partial charge >= 0.3 is 0 Å². The molecule has 20 heavy (non-hydrogen) atoms. The molecule has 0 aliphatic rings. The minimum absolute atomic E-state index is 0.240. The molecule has 0 radical (unpaired) electrons. The lowest BCUT2D eigenvalue weighted by molar-refractivity contribution is 0.313. The van der Waals surface area contributed by atoms with E-state index in [1.54, 1.807) is 6.07 Å². The zero-order chi connectivity index (χ0) is 15.1. The van der Waals surface area contributed by atoms with E-state index in [4.69, 9.17) is 33.7 Å². The van der Waals surface area contributed by atoms with Crippen molar-refractivity contribution in [3.63, 3.8) is 0 Å². The van der Waals surface area contributed by atoms with Crippen molar-refractivity contribution < 1.29 is 4.74 Å². The summed E-state index contributed by atoms with van der Waals surface area (Å²) in [4.78, 5) is 0. The molecule has 0 aromatic heterocycles. The van der Waals surface area contributed by atoms with Crippen LogP contribution in [0.4, 0.5) is 0 Å². The van der Waals surface area contributed by atoms with E-state index < -0.39 is 0 Å². The Hall–Kier alpha value is -0.440. The maximum Gasteiger partial charge on any atom is 0.141 e. The van der Waals surface area contributed by atoms with Gasteiger partial charge in [-0.2, -0.15) is 0 Å². The van der Waals surface area contributed by atoms with Gasteiger partial charge in [0, 0.05) is 11.1 Å². The van der Waals surface area contributed by atoms with Crippen molar-refractivity contribution in [3.8, 4) is 5.75 Å². The predicted molar refractivity (Wildman–Crippen MR) is 88.0 cm³/mol. The third kappa shape index (κ3) is 5.51. The van der Waals surface area contributed by atoms with Gasteiger partial charge in [0.2, 0.25) is 0 Å². The van der Waals surface area contributed by atoms with E-state index in [2.05, 4.69) is 20.8 Å². The summed E-state index contributed by atoms with van der Waals surface area (Å²) >= 11 is 12.3. The van der Waals surface area contributed by atoms with E-state index in [1.165, 1.54) is 0 Å². The molecule has 0 saturated carbocycles. The van der Waals surface area contributed by atoms with Crippen molar-refractivity contribution in [2.45, 2.75) is 52.5 Å². The van der Waals surface area contributed by atoms with Crippen LogP contribution in [-0.2, 0) is 6.42 Å². The fraction of sp³-hybridized carbons (Fsp3) is 0.625. The van der Waals surface area contributed by atoms with Crippen LogP contribution in [0.5, 0.6) is 5.75 Å². The maximum absolute atomic E-state index is 6.23. The van der Waals surface area contributed by atoms with Gasteiger partial charge in [-0.25, -0.2) is 0 Å². The van der Waals surface area contributed by atoms with Crippen molar-refractivity contribution in [3.05, 3.63) is 27.7 Å². The molecule has 0 saturated heterocycles. The number of ether oxygens (including phenoxy) is 1. The normalized spacial score (nSPS) is 12.8. The molecule has 0 amide bonds. The average Bonchev–Trinajstić information content (AvgIpc) is 2.37. The fourth-order valence-corrected chi connectivity index (χ4v) is 2.62. The Bertz CT molecular complexity index is 421. The summed E-state index contributed by atoms with van der Waals surface area (Å²) in [5, 5.41) is 1.25. The molecular formula is C16H25Cl2NO. The minimum atomic E-state index is 0.240. The molecule has 0 fully saturated rings. The predicted octanol–water partition coefficient (Wildman–Crippen LogP) is 5.09. The van der Waals surface area contributed by atoms with Crippen LogP contribution in [0, 0.1) is 5.92 Å². The van der Waals surface area contributed by atoms with Gasteiger partial charge in [0.05, 0.1) is 11.6 Å². The monoisotopic (exact) mass is 317 g/mol. The Kier molecular flexibility index (Phi) is 7.71. The van der Waals surface area contributed by atoms with Gasteiger partial charge in [-0.1, -0.05) is 44.0 Å². The fourth-order valence-electron chi connectivity index (χ4n) is 2.03. The van der Waals surface area contributed by atoms with Gasteiger partial charge in [0.1, 0.15) is 5.75 Å². The molecule has 1 unspecified atom stereocenters. The second kappa shape index (κ2) is 8.76. The molecule has 1 aromatic rings. The number of hydrogen-bond donors (Lipinski definition) is 1. The second-order valence-corrected chi connectivity index (χ2v) is 6.37. The Balaban J connectivity index is 2.71. The summed E-state index contributed by atoms with van der Waals surface area (Å²) in [5.41, 5.74) is 7.15. The molecule has 0 spiro atoms. The summed E-state index contributed by atoms with van der Waals surface area (Å²) in [6, 6.07) is 3.92. The largest absolute Gasteiger partial charge is 0.492 e. The van der Waals surface area contributed by atoms with Crippen LogP contribution in [-0.4, -0.2) is 12.6 Å². The summed E-state index contributed by atoms with van der Waals surface area (Å²) in [6.07, 6.45) is 3.85. The first-order valence-electron chi connectivity index (χ1n) is 7.32. The molecule has 4 heteroatoms. The zero-order valence-electron chi connectivity index (χ0n) is 12.6. The highest BCUT2D eigenvalue weighted by atomic mass is 35.5. The Morgan fingerprint density at radius 3 is 2.55 bits per heavy atom. The van der Waals surface area contributed by atoms with Crippen LogP contribution in [0.25, 0.3) is 0 Å². The maximum atomic E-state index is 6.23. The van der Waals surface area contributed by atoms with Gasteiger partial charge in [0.15, 0.2) is 0 Å². The second-order valence-electron chi connectivity index (χ2n) is 5.52. The highest BCUT2D eigenvalue weighted by Crippen LogP contribution is 2.33. The molecule has 0 bridgehead atoms. The highest BCUT2D eigenvalue weighted by Gasteiger charge is 2.12. The molecule has 2 nitrogen and oxygen atoms in total. The van der Waals surface area contributed by atoms with Crippen LogP contribution in [0.3, 0.4) is 0 Å². The van der Waals surface area contributed by atoms with Crippen molar-refractivity contribution in [1.29, 1.82) is 0 Å². The van der Waals surface area contributed by atoms with Crippen molar-refractivity contribution in [1.82, 2.24) is 0 Å². The van der Waals surface area contributed by atoms with Gasteiger partial charge < -0.3 is 10.5 Å². The Morgan fingerprint density at radius 1 is 1.25 bits per heavy atom. The van der Waals surface area contributed by atoms with Crippen LogP contribution in [0.15, 0.2) is 12.1 Å². The lowest BCUT2D eigenvalue weighted by Crippen LogP contribution is -2.26. The van der Waals surface area contributed by atoms with Crippen LogP contribution in [0.1, 0.15) is 45.6 Å². The molecule has 0 heterocycles. The smallest absolute Gasteiger partial charge is 0.141 e. The third-order valence-corrected chi connectivity index (χ3v) is 3.87. The quantitative estimate of drug-likeness (QED) is 0.725. The van der Waals surface area contributed by atoms with Crippen LogP contribution >= 0.6 is 23.2 Å². The Morgan fingerprint density at radius 2 is 1.95 bits per heavy atom. The van der Waals surface area contributed by atoms with Crippen molar-refractivity contribution >= 4 is 23.2 Å². The van der Waals surface area contributed by atoms with E-state index >= 15 is 0 Å². The van der Waals surface area contributed by atoms with Gasteiger partial charge in [-0.05, 0) is 49.3 Å². The van der Waals surface area contributed by atoms with Crippen molar-refractivity contribution in [2.75, 3.05) is 6.61 Å². The summed E-state index contributed by atoms with van der Waals surface area (Å²) in [6.45, 7) is 7.04. The lowest BCUT2D eigenvalue weighted by atomic mass is 9.97. The molecule has 1 aromatic carbocycles. The van der Waals surface area contributed by atoms with E-state index in [-0.39, 0.29) is 6.04 Å². The molecule has 0 aliphatic heterocycles. The van der Waals surface area contributed by atoms with E-state index in [0.717, 1.165) is 37.0 Å². The highest BCUT2D eigenvalue weighted by molar-refractivity contribution is 6.35. The standard InChI is InChI=1S/C16H25Cl2NO/c1-4-8-20-16-12(9-13(17)10-14(16)18)6-5-7-15(19)11(2)3/h9-11,15H,4-8,19H2,1-3H3. The average molecular weight is 318 g/mol. The molecule has 114 valence electrons. The van der Waals surface area contributed by atoms with E-state index in [9.17, 15) is 0 Å². The molecule has 2 N–H and O–H groups in total. The minimum Gasteiger partial charge on any atom is -0.492 e. The molecule has 0 aliphatic carbocycles. The lowest BCUT2D eigenvalue weighted by Gasteiger charge is -2.17. The molecule has 1 rings (SSSR count). The SMILES string of the molecule is CCCOc1c(Cl)cc(Cl)cc1CCCC(N)C(C)C. The molecular weight excluding hydrogens is 293 g/mol. The topological polar surface area (TPSA) is 35.2 Å². The van der Waals surface area contributed by atoms with Crippen molar-refractivity contribution in [2.24, 2.45) is 11.7 Å². The number of hydrogen-bond acceptors (Lipinski definition) is 2. The third-order valence-electron chi connectivity index (χ3n) is 3.38. The Labute approximate surface area is 132 Å². The number of halogens is 2. The van der Waals surface area contributed by atoms with Crippen LogP contribution < -0.4 is 10.5 Å². The first-order chi connectivity index (χ1) is 9.45. The van der Waals surface area contributed by atoms with Gasteiger partial charge in [0.25, 0.3) is 0 Å².